The SMILES string of the molecule is CN1CCN(C(=O)O)CCO1. The molecule has 0 radical (unpaired) electrons. The van der Waals surface area contributed by atoms with Gasteiger partial charge in [-0.15, -0.1) is 0 Å². The van der Waals surface area contributed by atoms with Crippen molar-refractivity contribution in [3.63, 3.8) is 0 Å². The zero-order valence-corrected chi connectivity index (χ0v) is 6.49. The fourth-order valence-electron chi connectivity index (χ4n) is 0.936. The molecule has 0 aliphatic carbocycles. The molecule has 5 heteroatoms. The molecule has 0 atom stereocenters. The molecule has 1 rings (SSSR count). The Hall–Kier alpha value is -0.810. The Balaban J connectivity index is 2.40. The lowest BCUT2D eigenvalue weighted by atomic mass is 10.5. The zero-order chi connectivity index (χ0) is 8.27. The number of hydrogen-bond donors (Lipinski definition) is 1. The van der Waals surface area contributed by atoms with E-state index in [-0.39, 0.29) is 0 Å². The molecular formula is C6H12N2O3. The molecule has 0 aromatic carbocycles. The summed E-state index contributed by atoms with van der Waals surface area (Å²) in [6.07, 6.45) is -0.871. The molecule has 0 bridgehead atoms. The average Bonchev–Trinajstić information content (AvgIpc) is 2.13. The molecule has 1 saturated heterocycles. The van der Waals surface area contributed by atoms with Crippen molar-refractivity contribution < 1.29 is 14.7 Å². The summed E-state index contributed by atoms with van der Waals surface area (Å²) in [5, 5.41) is 10.3. The Labute approximate surface area is 65.1 Å². The number of likely N-dealkylation sites (N-methyl/N-ethyl adjacent to an activating group) is 1. The summed E-state index contributed by atoms with van der Waals surface area (Å²) in [5.74, 6) is 0. The second kappa shape index (κ2) is 3.54. The summed E-state index contributed by atoms with van der Waals surface area (Å²) in [6, 6.07) is 0. The van der Waals surface area contributed by atoms with Crippen molar-refractivity contribution >= 4 is 6.09 Å². The molecule has 1 N–H and O–H groups in total. The van der Waals surface area contributed by atoms with Crippen LogP contribution in [0, 0.1) is 0 Å². The van der Waals surface area contributed by atoms with E-state index in [0.29, 0.717) is 26.2 Å². The van der Waals surface area contributed by atoms with Gasteiger partial charge in [0.05, 0.1) is 6.61 Å². The molecule has 0 spiro atoms. The Morgan fingerprint density at radius 2 is 2.18 bits per heavy atom. The lowest BCUT2D eigenvalue weighted by molar-refractivity contribution is -0.126. The Morgan fingerprint density at radius 3 is 2.82 bits per heavy atom. The van der Waals surface area contributed by atoms with Crippen LogP contribution in [-0.2, 0) is 4.84 Å². The van der Waals surface area contributed by atoms with Gasteiger partial charge in [0.1, 0.15) is 0 Å². The highest BCUT2D eigenvalue weighted by Crippen LogP contribution is 1.97. The number of hydroxylamine groups is 2. The molecule has 0 aromatic rings. The van der Waals surface area contributed by atoms with Crippen molar-refractivity contribution in [3.05, 3.63) is 0 Å². The normalized spacial score (nSPS) is 21.4. The van der Waals surface area contributed by atoms with Crippen LogP contribution in [0.3, 0.4) is 0 Å². The van der Waals surface area contributed by atoms with Crippen molar-refractivity contribution in [3.8, 4) is 0 Å². The lowest BCUT2D eigenvalue weighted by Crippen LogP contribution is -2.33. The highest BCUT2D eigenvalue weighted by Gasteiger charge is 2.15. The van der Waals surface area contributed by atoms with Crippen LogP contribution in [0.4, 0.5) is 4.79 Å². The number of carbonyl (C=O) groups is 1. The second-order valence-corrected chi connectivity index (χ2v) is 2.45. The van der Waals surface area contributed by atoms with Gasteiger partial charge < -0.3 is 10.0 Å². The average molecular weight is 160 g/mol. The first-order valence-corrected chi connectivity index (χ1v) is 3.52. The van der Waals surface area contributed by atoms with Crippen LogP contribution in [0.25, 0.3) is 0 Å². The van der Waals surface area contributed by atoms with E-state index in [4.69, 9.17) is 9.94 Å². The smallest absolute Gasteiger partial charge is 0.407 e. The topological polar surface area (TPSA) is 53.0 Å². The van der Waals surface area contributed by atoms with Gasteiger partial charge in [0.15, 0.2) is 0 Å². The maximum Gasteiger partial charge on any atom is 0.407 e. The quantitative estimate of drug-likeness (QED) is 0.535. The fraction of sp³-hybridized carbons (Fsp3) is 0.833. The van der Waals surface area contributed by atoms with E-state index in [1.165, 1.54) is 4.90 Å². The number of amides is 1. The molecule has 64 valence electrons. The van der Waals surface area contributed by atoms with Gasteiger partial charge in [-0.25, -0.2) is 4.79 Å². The molecule has 11 heavy (non-hydrogen) atoms. The number of hydrogen-bond acceptors (Lipinski definition) is 3. The van der Waals surface area contributed by atoms with E-state index < -0.39 is 6.09 Å². The number of rotatable bonds is 0. The molecule has 0 unspecified atom stereocenters. The van der Waals surface area contributed by atoms with Gasteiger partial charge in [0, 0.05) is 26.7 Å². The van der Waals surface area contributed by atoms with Gasteiger partial charge in [-0.3, -0.25) is 4.84 Å². The summed E-state index contributed by atoms with van der Waals surface area (Å²) in [6.45, 7) is 2.06. The zero-order valence-electron chi connectivity index (χ0n) is 6.49. The first kappa shape index (κ1) is 8.29. The third-order valence-corrected chi connectivity index (χ3v) is 1.63. The summed E-state index contributed by atoms with van der Waals surface area (Å²) >= 11 is 0. The molecule has 1 aliphatic heterocycles. The second-order valence-electron chi connectivity index (χ2n) is 2.45. The van der Waals surface area contributed by atoms with Gasteiger partial charge in [-0.05, 0) is 0 Å². The minimum atomic E-state index is -0.871. The first-order chi connectivity index (χ1) is 5.20. The highest BCUT2D eigenvalue weighted by atomic mass is 16.7. The van der Waals surface area contributed by atoms with E-state index in [1.54, 1.807) is 12.1 Å². The summed E-state index contributed by atoms with van der Waals surface area (Å²) in [7, 11) is 1.80. The maximum atomic E-state index is 10.5. The molecular weight excluding hydrogens is 148 g/mol. The molecule has 1 amide bonds. The Morgan fingerprint density at radius 1 is 1.45 bits per heavy atom. The number of carboxylic acid groups (broad SMARTS) is 1. The number of nitrogens with zero attached hydrogens (tertiary/aromatic N) is 2. The van der Waals surface area contributed by atoms with Crippen LogP contribution >= 0.6 is 0 Å². The summed E-state index contributed by atoms with van der Waals surface area (Å²) < 4.78 is 0. The van der Waals surface area contributed by atoms with E-state index in [1.807, 2.05) is 0 Å². The van der Waals surface area contributed by atoms with Crippen molar-refractivity contribution in [2.45, 2.75) is 0 Å². The molecule has 1 aliphatic rings. The molecule has 0 saturated carbocycles. The van der Waals surface area contributed by atoms with Gasteiger partial charge in [-0.1, -0.05) is 0 Å². The van der Waals surface area contributed by atoms with Crippen molar-refractivity contribution in [1.82, 2.24) is 9.96 Å². The molecule has 1 fully saturated rings. The largest absolute Gasteiger partial charge is 0.465 e. The van der Waals surface area contributed by atoms with Gasteiger partial charge in [-0.2, -0.15) is 5.06 Å². The molecule has 1 heterocycles. The predicted molar refractivity (Wildman–Crippen MR) is 38.2 cm³/mol. The van der Waals surface area contributed by atoms with Gasteiger partial charge in [0.2, 0.25) is 0 Å². The van der Waals surface area contributed by atoms with Crippen LogP contribution in [0.1, 0.15) is 0 Å². The Kier molecular flexibility index (Phi) is 2.67. The third-order valence-electron chi connectivity index (χ3n) is 1.63. The highest BCUT2D eigenvalue weighted by molar-refractivity contribution is 5.64. The Bertz CT molecular complexity index is 151. The van der Waals surface area contributed by atoms with Crippen LogP contribution in [0.5, 0.6) is 0 Å². The standard InChI is InChI=1S/C6H12N2O3/c1-7-2-3-8(6(9)10)4-5-11-7/h2-5H2,1H3,(H,9,10). The third kappa shape index (κ3) is 2.36. The predicted octanol–water partition coefficient (Wildman–Crippen LogP) is -0.157. The van der Waals surface area contributed by atoms with E-state index in [9.17, 15) is 4.79 Å². The maximum absolute atomic E-state index is 10.5. The van der Waals surface area contributed by atoms with E-state index >= 15 is 0 Å². The lowest BCUT2D eigenvalue weighted by Gasteiger charge is -2.14. The van der Waals surface area contributed by atoms with Crippen LogP contribution < -0.4 is 0 Å². The van der Waals surface area contributed by atoms with E-state index in [2.05, 4.69) is 0 Å². The van der Waals surface area contributed by atoms with Crippen LogP contribution in [0.15, 0.2) is 0 Å². The summed E-state index contributed by atoms with van der Waals surface area (Å²) in [4.78, 5) is 16.9. The van der Waals surface area contributed by atoms with Crippen LogP contribution in [0.2, 0.25) is 0 Å². The minimum Gasteiger partial charge on any atom is -0.465 e. The van der Waals surface area contributed by atoms with Crippen molar-refractivity contribution in [2.75, 3.05) is 33.3 Å². The minimum absolute atomic E-state index is 0.447. The molecule has 5 nitrogen and oxygen atoms in total. The van der Waals surface area contributed by atoms with E-state index in [0.717, 1.165) is 0 Å². The van der Waals surface area contributed by atoms with Gasteiger partial charge >= 0.3 is 6.09 Å². The van der Waals surface area contributed by atoms with Crippen molar-refractivity contribution in [2.24, 2.45) is 0 Å². The fourth-order valence-corrected chi connectivity index (χ4v) is 0.936. The monoisotopic (exact) mass is 160 g/mol. The summed E-state index contributed by atoms with van der Waals surface area (Å²) in [5.41, 5.74) is 0. The van der Waals surface area contributed by atoms with Crippen molar-refractivity contribution in [1.29, 1.82) is 0 Å². The molecule has 0 aromatic heterocycles. The van der Waals surface area contributed by atoms with Gasteiger partial charge in [0.25, 0.3) is 0 Å². The first-order valence-electron chi connectivity index (χ1n) is 3.52. The van der Waals surface area contributed by atoms with Crippen LogP contribution in [-0.4, -0.2) is 54.5 Å².